The molecule has 4 heteroatoms. The van der Waals surface area contributed by atoms with Crippen LogP contribution in [0.1, 0.15) is 37.7 Å². The van der Waals surface area contributed by atoms with Gasteiger partial charge in [0.2, 0.25) is 5.91 Å². The van der Waals surface area contributed by atoms with Gasteiger partial charge in [-0.3, -0.25) is 9.69 Å². The van der Waals surface area contributed by atoms with Crippen LogP contribution in [0.25, 0.3) is 6.08 Å². The smallest absolute Gasteiger partial charge is 0.222 e. The number of carbonyl (C=O) groups is 1. The van der Waals surface area contributed by atoms with Gasteiger partial charge >= 0.3 is 0 Å². The third-order valence-electron chi connectivity index (χ3n) is 5.98. The van der Waals surface area contributed by atoms with E-state index in [0.717, 1.165) is 44.8 Å². The van der Waals surface area contributed by atoms with Crippen molar-refractivity contribution >= 4 is 12.0 Å². The molecule has 1 spiro atoms. The summed E-state index contributed by atoms with van der Waals surface area (Å²) in [5, 5.41) is 0. The summed E-state index contributed by atoms with van der Waals surface area (Å²) in [5.41, 5.74) is 1.61. The van der Waals surface area contributed by atoms with Gasteiger partial charge in [0.15, 0.2) is 0 Å². The minimum atomic E-state index is 0.321. The molecular weight excluding hydrogens is 312 g/mol. The summed E-state index contributed by atoms with van der Waals surface area (Å²) in [6.07, 6.45) is 9.87. The fourth-order valence-electron chi connectivity index (χ4n) is 3.98. The lowest BCUT2D eigenvalue weighted by atomic mass is 9.73. The van der Waals surface area contributed by atoms with Crippen LogP contribution in [-0.4, -0.2) is 56.0 Å². The topological polar surface area (TPSA) is 32.8 Å². The summed E-state index contributed by atoms with van der Waals surface area (Å²) in [6, 6.07) is 8.16. The highest BCUT2D eigenvalue weighted by molar-refractivity contribution is 5.76. The lowest BCUT2D eigenvalue weighted by Crippen LogP contribution is -2.40. The molecule has 0 N–H and O–H groups in total. The van der Waals surface area contributed by atoms with Gasteiger partial charge in [0, 0.05) is 26.6 Å². The van der Waals surface area contributed by atoms with E-state index in [-0.39, 0.29) is 0 Å². The molecule has 2 aliphatic heterocycles. The number of likely N-dealkylation sites (tertiary alicyclic amines) is 2. The van der Waals surface area contributed by atoms with E-state index in [1.165, 1.54) is 24.8 Å². The molecule has 3 rings (SSSR count). The van der Waals surface area contributed by atoms with E-state index in [9.17, 15) is 4.79 Å². The molecule has 0 aliphatic carbocycles. The van der Waals surface area contributed by atoms with Crippen LogP contribution in [0.5, 0.6) is 5.75 Å². The molecule has 2 fully saturated rings. The number of benzene rings is 1. The highest BCUT2D eigenvalue weighted by Crippen LogP contribution is 2.41. The Bertz CT molecular complexity index is 601. The Kier molecular flexibility index (Phi) is 5.79. The van der Waals surface area contributed by atoms with Gasteiger partial charge in [0.1, 0.15) is 5.75 Å². The summed E-state index contributed by atoms with van der Waals surface area (Å²) in [4.78, 5) is 16.4. The fraction of sp³-hybridized carbons (Fsp3) is 0.571. The molecule has 1 aromatic carbocycles. The van der Waals surface area contributed by atoms with Crippen molar-refractivity contribution in [3.05, 3.63) is 35.9 Å². The Labute approximate surface area is 151 Å². The SMILES string of the molecule is COc1ccc(C=CCN2CCC3(CCC(=O)N(C)CC3)CC2)cc1. The first-order valence-electron chi connectivity index (χ1n) is 9.37. The maximum atomic E-state index is 11.9. The average Bonchev–Trinajstić information content (AvgIpc) is 2.78. The van der Waals surface area contributed by atoms with E-state index in [4.69, 9.17) is 4.74 Å². The van der Waals surface area contributed by atoms with E-state index in [1.54, 1.807) is 7.11 Å². The highest BCUT2D eigenvalue weighted by atomic mass is 16.5. The highest BCUT2D eigenvalue weighted by Gasteiger charge is 2.36. The molecule has 2 saturated heterocycles. The van der Waals surface area contributed by atoms with Crippen LogP contribution in [0.4, 0.5) is 0 Å². The largest absolute Gasteiger partial charge is 0.497 e. The third-order valence-corrected chi connectivity index (χ3v) is 5.98. The quantitative estimate of drug-likeness (QED) is 0.840. The first-order valence-corrected chi connectivity index (χ1v) is 9.37. The Morgan fingerprint density at radius 2 is 1.76 bits per heavy atom. The second-order valence-electron chi connectivity index (χ2n) is 7.54. The summed E-state index contributed by atoms with van der Waals surface area (Å²) in [7, 11) is 3.64. The third kappa shape index (κ3) is 4.63. The van der Waals surface area contributed by atoms with Crippen LogP contribution < -0.4 is 4.74 Å². The number of methoxy groups -OCH3 is 1. The van der Waals surface area contributed by atoms with E-state index >= 15 is 0 Å². The van der Waals surface area contributed by atoms with Crippen molar-refractivity contribution in [3.8, 4) is 5.75 Å². The summed E-state index contributed by atoms with van der Waals surface area (Å²) < 4.78 is 5.19. The minimum Gasteiger partial charge on any atom is -0.497 e. The fourth-order valence-corrected chi connectivity index (χ4v) is 3.98. The monoisotopic (exact) mass is 342 g/mol. The molecule has 136 valence electrons. The number of ether oxygens (including phenoxy) is 1. The van der Waals surface area contributed by atoms with E-state index < -0.39 is 0 Å². The summed E-state index contributed by atoms with van der Waals surface area (Å²) >= 11 is 0. The molecule has 0 atom stereocenters. The van der Waals surface area contributed by atoms with Gasteiger partial charge in [-0.2, -0.15) is 0 Å². The predicted octanol–water partition coefficient (Wildman–Crippen LogP) is 3.43. The molecule has 4 nitrogen and oxygen atoms in total. The van der Waals surface area contributed by atoms with Crippen molar-refractivity contribution in [1.29, 1.82) is 0 Å². The number of rotatable bonds is 4. The zero-order chi connectivity index (χ0) is 17.7. The van der Waals surface area contributed by atoms with E-state index in [0.29, 0.717) is 11.3 Å². The van der Waals surface area contributed by atoms with Crippen molar-refractivity contribution in [2.24, 2.45) is 5.41 Å². The molecule has 0 unspecified atom stereocenters. The zero-order valence-electron chi connectivity index (χ0n) is 15.5. The number of hydrogen-bond donors (Lipinski definition) is 0. The summed E-state index contributed by atoms with van der Waals surface area (Å²) in [6.45, 7) is 4.22. The Balaban J connectivity index is 1.47. The van der Waals surface area contributed by atoms with Gasteiger partial charge < -0.3 is 9.64 Å². The Morgan fingerprint density at radius 1 is 1.08 bits per heavy atom. The van der Waals surface area contributed by atoms with Crippen molar-refractivity contribution in [1.82, 2.24) is 9.80 Å². The van der Waals surface area contributed by atoms with Gasteiger partial charge in [-0.15, -0.1) is 0 Å². The molecule has 0 saturated carbocycles. The van der Waals surface area contributed by atoms with E-state index in [2.05, 4.69) is 29.2 Å². The second kappa shape index (κ2) is 8.05. The minimum absolute atomic E-state index is 0.321. The van der Waals surface area contributed by atoms with Gasteiger partial charge in [0.05, 0.1) is 7.11 Å². The summed E-state index contributed by atoms with van der Waals surface area (Å²) in [5.74, 6) is 1.22. The average molecular weight is 342 g/mol. The molecule has 1 amide bonds. The van der Waals surface area contributed by atoms with Crippen molar-refractivity contribution < 1.29 is 9.53 Å². The van der Waals surface area contributed by atoms with Crippen LogP contribution in [0.2, 0.25) is 0 Å². The Morgan fingerprint density at radius 3 is 2.44 bits per heavy atom. The maximum Gasteiger partial charge on any atom is 0.222 e. The molecule has 25 heavy (non-hydrogen) atoms. The normalized spacial score (nSPS) is 21.7. The lowest BCUT2D eigenvalue weighted by Gasteiger charge is -2.41. The standard InChI is InChI=1S/C21H30N2O2/c1-22-15-11-21(10-9-20(22)24)12-16-23(17-13-21)14-3-4-18-5-7-19(25-2)8-6-18/h3-8H,9-17H2,1-2H3. The number of hydrogen-bond acceptors (Lipinski definition) is 3. The molecule has 0 radical (unpaired) electrons. The zero-order valence-corrected chi connectivity index (χ0v) is 15.5. The first-order chi connectivity index (χ1) is 12.1. The van der Waals surface area contributed by atoms with Crippen molar-refractivity contribution in [2.75, 3.05) is 40.3 Å². The molecule has 0 aromatic heterocycles. The van der Waals surface area contributed by atoms with Crippen LogP contribution in [0, 0.1) is 5.41 Å². The predicted molar refractivity (Wildman–Crippen MR) is 102 cm³/mol. The molecule has 1 aromatic rings. The van der Waals surface area contributed by atoms with Crippen LogP contribution >= 0.6 is 0 Å². The van der Waals surface area contributed by atoms with Gasteiger partial charge in [0.25, 0.3) is 0 Å². The van der Waals surface area contributed by atoms with Crippen LogP contribution in [0.15, 0.2) is 30.3 Å². The number of nitrogens with zero attached hydrogens (tertiary/aromatic N) is 2. The number of carbonyl (C=O) groups excluding carboxylic acids is 1. The van der Waals surface area contributed by atoms with Crippen LogP contribution in [-0.2, 0) is 4.79 Å². The van der Waals surface area contributed by atoms with Gasteiger partial charge in [-0.1, -0.05) is 24.3 Å². The number of piperidine rings is 1. The van der Waals surface area contributed by atoms with Crippen LogP contribution in [0.3, 0.4) is 0 Å². The molecular formula is C21H30N2O2. The van der Waals surface area contributed by atoms with Crippen molar-refractivity contribution in [3.63, 3.8) is 0 Å². The molecule has 0 bridgehead atoms. The first kappa shape index (κ1) is 18.0. The van der Waals surface area contributed by atoms with E-state index in [1.807, 2.05) is 24.1 Å². The van der Waals surface area contributed by atoms with Gasteiger partial charge in [-0.25, -0.2) is 0 Å². The lowest BCUT2D eigenvalue weighted by molar-refractivity contribution is -0.129. The number of amides is 1. The van der Waals surface area contributed by atoms with Crippen molar-refractivity contribution in [2.45, 2.75) is 32.1 Å². The molecule has 2 heterocycles. The maximum absolute atomic E-state index is 11.9. The van der Waals surface area contributed by atoms with Gasteiger partial charge in [-0.05, 0) is 61.9 Å². The molecule has 2 aliphatic rings. The Hall–Kier alpha value is -1.81. The second-order valence-corrected chi connectivity index (χ2v) is 7.54.